The second kappa shape index (κ2) is 19.2. The number of carbonyl (C=O) groups is 4. The normalized spacial score (nSPS) is 18.4. The number of hydrogen-bond donors (Lipinski definition) is 4. The fraction of sp³-hybridized carbons (Fsp3) is 0.450. The molecule has 1 aromatic carbocycles. The van der Waals surface area contributed by atoms with Crippen molar-refractivity contribution in [1.29, 1.82) is 0 Å². The molecule has 4 amide bonds. The van der Waals surface area contributed by atoms with Gasteiger partial charge in [0.2, 0.25) is 11.8 Å². The lowest BCUT2D eigenvalue weighted by Crippen LogP contribution is -2.54. The summed E-state index contributed by atoms with van der Waals surface area (Å²) in [5, 5.41) is 5.30. The van der Waals surface area contributed by atoms with Crippen LogP contribution in [0.4, 0.5) is 9.59 Å². The quantitative estimate of drug-likeness (QED) is 0.115. The standard InChI is InChI=1S/C40H50N8O6/c1-8-29(27-16-10-9-11-17-27)30(44-35(41)31-20-14-22-47(31)37(49)33(25(2)3)45-39(51)53-6)19-13-12-18-28-24-42-36(43-28)32-21-15-23-48(32)38(50)34(26(4)5)46-40(52)54-7/h8-11,16-17,24-26,31-34H,1,14-15,20-23H2,2-7H3,(H2,41,44)(H,42,43)(H,45,51)(H,46,52)/b30-29+/t31-,32-,33-,34-/m0/s1. The van der Waals surface area contributed by atoms with Crippen LogP contribution in [-0.4, -0.2) is 95.0 Å². The number of carbonyl (C=O) groups excluding carboxylic acids is 4. The first kappa shape index (κ1) is 40.7. The maximum atomic E-state index is 13.7. The van der Waals surface area contributed by atoms with Crippen LogP contribution >= 0.6 is 0 Å². The van der Waals surface area contributed by atoms with E-state index in [1.807, 2.05) is 58.0 Å². The monoisotopic (exact) mass is 738 g/mol. The molecule has 4 rings (SSSR count). The summed E-state index contributed by atoms with van der Waals surface area (Å²) in [6.45, 7) is 12.4. The number of aromatic amines is 1. The molecule has 0 bridgehead atoms. The summed E-state index contributed by atoms with van der Waals surface area (Å²) in [5.41, 5.74) is 8.92. The Hall–Kier alpha value is -6.02. The lowest BCUT2D eigenvalue weighted by Gasteiger charge is -2.30. The Morgan fingerprint density at radius 1 is 0.944 bits per heavy atom. The minimum absolute atomic E-state index is 0.149. The first-order valence-corrected chi connectivity index (χ1v) is 18.0. The first-order valence-electron chi connectivity index (χ1n) is 18.0. The van der Waals surface area contributed by atoms with E-state index in [1.54, 1.807) is 22.1 Å². The van der Waals surface area contributed by atoms with Gasteiger partial charge in [0.05, 0.1) is 32.5 Å². The number of allylic oxidation sites excluding steroid dienone is 3. The largest absolute Gasteiger partial charge is 0.453 e. The molecule has 14 nitrogen and oxygen atoms in total. The number of aliphatic imine (C=N–C) groups is 1. The number of hydrogen-bond acceptors (Lipinski definition) is 8. The zero-order valence-corrected chi connectivity index (χ0v) is 31.8. The van der Waals surface area contributed by atoms with E-state index in [-0.39, 0.29) is 35.5 Å². The van der Waals surface area contributed by atoms with Gasteiger partial charge < -0.3 is 40.6 Å². The smallest absolute Gasteiger partial charge is 0.407 e. The number of methoxy groups -OCH3 is 2. The van der Waals surface area contributed by atoms with Crippen molar-refractivity contribution in [2.45, 2.75) is 77.5 Å². The van der Waals surface area contributed by atoms with E-state index >= 15 is 0 Å². The summed E-state index contributed by atoms with van der Waals surface area (Å²) in [5.74, 6) is 11.8. The van der Waals surface area contributed by atoms with E-state index < -0.39 is 30.3 Å². The number of H-pyrrole nitrogens is 1. The fourth-order valence-corrected chi connectivity index (χ4v) is 6.50. The molecule has 4 atom stereocenters. The highest BCUT2D eigenvalue weighted by molar-refractivity contribution is 5.95. The van der Waals surface area contributed by atoms with Crippen LogP contribution in [0.2, 0.25) is 0 Å². The third kappa shape index (κ3) is 10.1. The zero-order chi connectivity index (χ0) is 39.4. The first-order chi connectivity index (χ1) is 25.9. The van der Waals surface area contributed by atoms with Gasteiger partial charge in [-0.25, -0.2) is 19.6 Å². The van der Waals surface area contributed by atoms with Gasteiger partial charge in [0.1, 0.15) is 35.1 Å². The van der Waals surface area contributed by atoms with Gasteiger partial charge in [0, 0.05) is 18.7 Å². The molecule has 0 aliphatic carbocycles. The van der Waals surface area contributed by atoms with Crippen molar-refractivity contribution in [3.05, 3.63) is 72.0 Å². The zero-order valence-electron chi connectivity index (χ0n) is 31.8. The van der Waals surface area contributed by atoms with Gasteiger partial charge in [-0.3, -0.25) is 9.59 Å². The Morgan fingerprint density at radius 2 is 1.54 bits per heavy atom. The van der Waals surface area contributed by atoms with Gasteiger partial charge in [0.25, 0.3) is 0 Å². The number of nitrogens with one attached hydrogen (secondary N) is 3. The van der Waals surface area contributed by atoms with Crippen LogP contribution in [0.3, 0.4) is 0 Å². The fourth-order valence-electron chi connectivity index (χ4n) is 6.50. The van der Waals surface area contributed by atoms with Gasteiger partial charge in [-0.05, 0) is 66.8 Å². The minimum Gasteiger partial charge on any atom is -0.453 e. The average molecular weight is 739 g/mol. The van der Waals surface area contributed by atoms with Crippen molar-refractivity contribution >= 4 is 35.4 Å². The lowest BCUT2D eigenvalue weighted by atomic mass is 10.0. The molecule has 2 aliphatic rings. The van der Waals surface area contributed by atoms with E-state index in [9.17, 15) is 19.2 Å². The summed E-state index contributed by atoms with van der Waals surface area (Å²) in [6.07, 6.45) is 4.68. The predicted molar refractivity (Wildman–Crippen MR) is 205 cm³/mol. The molecule has 0 radical (unpaired) electrons. The molecule has 0 unspecified atom stereocenters. The van der Waals surface area contributed by atoms with Crippen LogP contribution in [-0.2, 0) is 19.1 Å². The average Bonchev–Trinajstić information content (AvgIpc) is 3.96. The highest BCUT2D eigenvalue weighted by atomic mass is 16.5. The molecule has 1 aromatic heterocycles. The SMILES string of the molecule is C=C/C(=C(C#CC#Cc1cnc([C@@H]2CCCN2C(=O)[C@@H](NC(=O)OC)C(C)C)[nH]1)\N=C(/N)[C@@H]1CCCN1C(=O)[C@@H](NC(=O)OC)C(C)C)c1ccccc1. The van der Waals surface area contributed by atoms with Gasteiger partial charge in [0.15, 0.2) is 0 Å². The van der Waals surface area contributed by atoms with Crippen molar-refractivity contribution in [3.63, 3.8) is 0 Å². The summed E-state index contributed by atoms with van der Waals surface area (Å²) < 4.78 is 9.48. The van der Waals surface area contributed by atoms with Gasteiger partial charge in [-0.15, -0.1) is 0 Å². The van der Waals surface area contributed by atoms with Crippen molar-refractivity contribution in [3.8, 4) is 23.7 Å². The molecule has 3 heterocycles. The number of likely N-dealkylation sites (tertiary alicyclic amines) is 2. The van der Waals surface area contributed by atoms with Crippen LogP contribution in [0, 0.1) is 35.5 Å². The Balaban J connectivity index is 1.61. The number of ether oxygens (including phenoxy) is 2. The summed E-state index contributed by atoms with van der Waals surface area (Å²) in [7, 11) is 2.51. The van der Waals surface area contributed by atoms with Crippen LogP contribution in [0.1, 0.15) is 76.5 Å². The molecule has 2 fully saturated rings. The number of nitrogens with two attached hydrogens (primary N) is 1. The third-order valence-corrected chi connectivity index (χ3v) is 9.33. The molecule has 286 valence electrons. The Kier molecular flexibility index (Phi) is 14.5. The number of imidazole rings is 1. The van der Waals surface area contributed by atoms with Crippen molar-refractivity contribution in [2.24, 2.45) is 22.6 Å². The second-order valence-electron chi connectivity index (χ2n) is 13.6. The van der Waals surface area contributed by atoms with Crippen LogP contribution in [0.15, 0.2) is 59.9 Å². The van der Waals surface area contributed by atoms with Crippen molar-refractivity contribution < 1.29 is 28.7 Å². The topological polar surface area (TPSA) is 184 Å². The number of benzene rings is 1. The Labute approximate surface area is 317 Å². The van der Waals surface area contributed by atoms with E-state index in [1.165, 1.54) is 14.2 Å². The molecule has 2 aromatic rings. The maximum absolute atomic E-state index is 13.7. The van der Waals surface area contributed by atoms with E-state index in [4.69, 9.17) is 20.2 Å². The summed E-state index contributed by atoms with van der Waals surface area (Å²) in [4.78, 5) is 67.0. The molecule has 0 spiro atoms. The highest BCUT2D eigenvalue weighted by Gasteiger charge is 2.38. The summed E-state index contributed by atoms with van der Waals surface area (Å²) >= 11 is 0. The van der Waals surface area contributed by atoms with E-state index in [0.29, 0.717) is 55.1 Å². The third-order valence-electron chi connectivity index (χ3n) is 9.33. The van der Waals surface area contributed by atoms with Gasteiger partial charge in [-0.2, -0.15) is 0 Å². The van der Waals surface area contributed by atoms with E-state index in [2.05, 4.69) is 50.9 Å². The van der Waals surface area contributed by atoms with Crippen LogP contribution in [0.5, 0.6) is 0 Å². The van der Waals surface area contributed by atoms with Crippen LogP contribution < -0.4 is 16.4 Å². The Bertz CT molecular complexity index is 1880. The number of amidine groups is 1. The Morgan fingerprint density at radius 3 is 2.13 bits per heavy atom. The van der Waals surface area contributed by atoms with Gasteiger partial charge in [-0.1, -0.05) is 70.7 Å². The molecule has 2 aliphatic heterocycles. The molecular weight excluding hydrogens is 688 g/mol. The molecule has 0 saturated carbocycles. The van der Waals surface area contributed by atoms with Crippen LogP contribution in [0.25, 0.3) is 5.57 Å². The lowest BCUT2D eigenvalue weighted by molar-refractivity contribution is -0.135. The number of rotatable bonds is 11. The number of nitrogens with zero attached hydrogens (tertiary/aromatic N) is 4. The molecule has 5 N–H and O–H groups in total. The molecule has 14 heteroatoms. The van der Waals surface area contributed by atoms with Crippen molar-refractivity contribution in [1.82, 2.24) is 30.4 Å². The molecule has 2 saturated heterocycles. The highest BCUT2D eigenvalue weighted by Crippen LogP contribution is 2.31. The van der Waals surface area contributed by atoms with Gasteiger partial charge >= 0.3 is 12.2 Å². The second-order valence-corrected chi connectivity index (χ2v) is 13.6. The molecule has 54 heavy (non-hydrogen) atoms. The summed E-state index contributed by atoms with van der Waals surface area (Å²) in [6, 6.07) is 7.14. The minimum atomic E-state index is -0.801. The van der Waals surface area contributed by atoms with E-state index in [0.717, 1.165) is 12.0 Å². The number of amides is 4. The number of alkyl carbamates (subject to hydrolysis) is 2. The maximum Gasteiger partial charge on any atom is 0.407 e. The molecular formula is C40H50N8O6. The predicted octanol–water partition coefficient (Wildman–Crippen LogP) is 4.13. The van der Waals surface area contributed by atoms with Crippen molar-refractivity contribution in [2.75, 3.05) is 27.3 Å². The number of aromatic nitrogens is 2.